The number of nitrogens with zero attached hydrogens (tertiary/aromatic N) is 4. The van der Waals surface area contributed by atoms with Crippen molar-refractivity contribution in [3.63, 3.8) is 0 Å². The van der Waals surface area contributed by atoms with Gasteiger partial charge >= 0.3 is 6.03 Å². The average Bonchev–Trinajstić information content (AvgIpc) is 3.36. The van der Waals surface area contributed by atoms with Crippen molar-refractivity contribution in [2.45, 2.75) is 37.8 Å². The van der Waals surface area contributed by atoms with Gasteiger partial charge in [-0.05, 0) is 37.7 Å². The molecule has 0 aromatic carbocycles. The Morgan fingerprint density at radius 2 is 2.08 bits per heavy atom. The molecule has 2 aromatic heterocycles. The molecule has 0 bridgehead atoms. The minimum atomic E-state index is -0.218. The van der Waals surface area contributed by atoms with Crippen LogP contribution in [0.4, 0.5) is 10.5 Å². The third-order valence-electron chi connectivity index (χ3n) is 4.40. The van der Waals surface area contributed by atoms with Crippen molar-refractivity contribution in [1.82, 2.24) is 25.1 Å². The number of nitrogens with one attached hydrogen (secondary N) is 2. The fourth-order valence-corrected chi connectivity index (χ4v) is 3.01. The zero-order valence-corrected chi connectivity index (χ0v) is 13.3. The van der Waals surface area contributed by atoms with Crippen LogP contribution in [0.15, 0.2) is 30.9 Å². The molecule has 2 atom stereocenters. The molecule has 2 fully saturated rings. The van der Waals surface area contributed by atoms with E-state index >= 15 is 0 Å². The van der Waals surface area contributed by atoms with Crippen LogP contribution in [0, 0.1) is 5.92 Å². The predicted molar refractivity (Wildman–Crippen MR) is 86.8 cm³/mol. The second-order valence-corrected chi connectivity index (χ2v) is 6.29. The van der Waals surface area contributed by atoms with Crippen molar-refractivity contribution in [2.24, 2.45) is 5.92 Å². The zero-order chi connectivity index (χ0) is 16.4. The van der Waals surface area contributed by atoms with Crippen molar-refractivity contribution in [2.75, 3.05) is 11.9 Å². The predicted octanol–water partition coefficient (Wildman–Crippen LogP) is 1.74. The first kappa shape index (κ1) is 15.1. The SMILES string of the molecule is O=C(Nc1cnn(-c2ncccn2)c1)N[C@H]1CCO[C@H](C2CC2)C1. The number of aromatic nitrogens is 4. The summed E-state index contributed by atoms with van der Waals surface area (Å²) in [6.07, 6.45) is 11.1. The summed E-state index contributed by atoms with van der Waals surface area (Å²) in [5.74, 6) is 1.16. The lowest BCUT2D eigenvalue weighted by atomic mass is 10.0. The summed E-state index contributed by atoms with van der Waals surface area (Å²) in [6.45, 7) is 0.718. The number of rotatable bonds is 4. The van der Waals surface area contributed by atoms with Gasteiger partial charge in [-0.1, -0.05) is 0 Å². The molecule has 0 unspecified atom stereocenters. The molecule has 8 heteroatoms. The molecule has 0 radical (unpaired) electrons. The Kier molecular flexibility index (Phi) is 4.12. The fourth-order valence-electron chi connectivity index (χ4n) is 3.01. The molecule has 0 spiro atoms. The highest BCUT2D eigenvalue weighted by molar-refractivity contribution is 5.89. The van der Waals surface area contributed by atoms with E-state index in [1.807, 2.05) is 0 Å². The van der Waals surface area contributed by atoms with Crippen molar-refractivity contribution < 1.29 is 9.53 Å². The Morgan fingerprint density at radius 1 is 1.25 bits per heavy atom. The lowest BCUT2D eigenvalue weighted by Gasteiger charge is -2.30. The van der Waals surface area contributed by atoms with Crippen molar-refractivity contribution in [3.05, 3.63) is 30.9 Å². The Hall–Kier alpha value is -2.48. The summed E-state index contributed by atoms with van der Waals surface area (Å²) < 4.78 is 7.31. The van der Waals surface area contributed by atoms with Gasteiger partial charge < -0.3 is 15.4 Å². The smallest absolute Gasteiger partial charge is 0.319 e. The molecule has 3 heterocycles. The summed E-state index contributed by atoms with van der Waals surface area (Å²) in [6, 6.07) is 1.68. The second kappa shape index (κ2) is 6.56. The molecule has 8 nitrogen and oxygen atoms in total. The first-order chi connectivity index (χ1) is 11.8. The van der Waals surface area contributed by atoms with E-state index in [-0.39, 0.29) is 12.1 Å². The van der Waals surface area contributed by atoms with Gasteiger partial charge in [-0.3, -0.25) is 0 Å². The molecule has 2 aliphatic rings. The molecule has 1 aliphatic heterocycles. The molecule has 1 aliphatic carbocycles. The van der Waals surface area contributed by atoms with Gasteiger partial charge in [0.25, 0.3) is 0 Å². The van der Waals surface area contributed by atoms with E-state index in [4.69, 9.17) is 4.74 Å². The van der Waals surface area contributed by atoms with E-state index in [1.54, 1.807) is 30.9 Å². The maximum atomic E-state index is 12.2. The van der Waals surface area contributed by atoms with E-state index in [0.29, 0.717) is 23.7 Å². The van der Waals surface area contributed by atoms with Gasteiger partial charge in [-0.25, -0.2) is 19.4 Å². The maximum Gasteiger partial charge on any atom is 0.319 e. The van der Waals surface area contributed by atoms with Crippen LogP contribution in [0.3, 0.4) is 0 Å². The first-order valence-electron chi connectivity index (χ1n) is 8.29. The van der Waals surface area contributed by atoms with Crippen LogP contribution in [-0.4, -0.2) is 44.5 Å². The number of carbonyl (C=O) groups is 1. The van der Waals surface area contributed by atoms with Crippen LogP contribution in [0.1, 0.15) is 25.7 Å². The van der Waals surface area contributed by atoms with Gasteiger partial charge in [0.15, 0.2) is 0 Å². The standard InChI is InChI=1S/C16H20N6O2/c23-16(20-12-4-7-24-14(8-12)11-2-3-11)21-13-9-19-22(10-13)15-17-5-1-6-18-15/h1,5-6,9-12,14H,2-4,7-8H2,(H2,20,21,23)/t12-,14-/m0/s1. The second-order valence-electron chi connectivity index (χ2n) is 6.29. The summed E-state index contributed by atoms with van der Waals surface area (Å²) >= 11 is 0. The molecule has 2 N–H and O–H groups in total. The molecule has 1 saturated heterocycles. The molecule has 24 heavy (non-hydrogen) atoms. The van der Waals surface area contributed by atoms with Crippen LogP contribution in [0.25, 0.3) is 5.95 Å². The van der Waals surface area contributed by atoms with Crippen LogP contribution in [0.5, 0.6) is 0 Å². The highest BCUT2D eigenvalue weighted by atomic mass is 16.5. The van der Waals surface area contributed by atoms with Crippen LogP contribution in [0.2, 0.25) is 0 Å². The summed E-state index contributed by atoms with van der Waals surface area (Å²) in [5.41, 5.74) is 0.603. The Bertz CT molecular complexity index is 700. The quantitative estimate of drug-likeness (QED) is 0.891. The summed E-state index contributed by atoms with van der Waals surface area (Å²) in [4.78, 5) is 20.4. The fraction of sp³-hybridized carbons (Fsp3) is 0.500. The minimum absolute atomic E-state index is 0.164. The Labute approximate surface area is 139 Å². The molecule has 2 aromatic rings. The highest BCUT2D eigenvalue weighted by Crippen LogP contribution is 2.38. The monoisotopic (exact) mass is 328 g/mol. The first-order valence-corrected chi connectivity index (χ1v) is 8.29. The van der Waals surface area contributed by atoms with Crippen molar-refractivity contribution in [1.29, 1.82) is 0 Å². The highest BCUT2D eigenvalue weighted by Gasteiger charge is 2.36. The number of hydrogen-bond donors (Lipinski definition) is 2. The largest absolute Gasteiger partial charge is 0.378 e. The number of anilines is 1. The number of hydrogen-bond acceptors (Lipinski definition) is 5. The van der Waals surface area contributed by atoms with Gasteiger partial charge in [0, 0.05) is 25.0 Å². The third-order valence-corrected chi connectivity index (χ3v) is 4.40. The van der Waals surface area contributed by atoms with Gasteiger partial charge in [0.05, 0.1) is 24.2 Å². The van der Waals surface area contributed by atoms with E-state index in [0.717, 1.165) is 19.4 Å². The lowest BCUT2D eigenvalue weighted by molar-refractivity contribution is -0.00889. The van der Waals surface area contributed by atoms with E-state index in [9.17, 15) is 4.79 Å². The van der Waals surface area contributed by atoms with Gasteiger partial charge in [-0.2, -0.15) is 5.10 Å². The zero-order valence-electron chi connectivity index (χ0n) is 13.3. The molecule has 1 saturated carbocycles. The van der Waals surface area contributed by atoms with Crippen LogP contribution < -0.4 is 10.6 Å². The molecular formula is C16H20N6O2. The number of urea groups is 1. The van der Waals surface area contributed by atoms with Gasteiger partial charge in [0.2, 0.25) is 5.95 Å². The molecular weight excluding hydrogens is 308 g/mol. The lowest BCUT2D eigenvalue weighted by Crippen LogP contribution is -2.44. The molecule has 2 amide bonds. The van der Waals surface area contributed by atoms with Crippen molar-refractivity contribution >= 4 is 11.7 Å². The number of amides is 2. The normalized spacial score (nSPS) is 23.7. The number of ether oxygens (including phenoxy) is 1. The number of carbonyl (C=O) groups excluding carboxylic acids is 1. The van der Waals surface area contributed by atoms with Crippen LogP contribution >= 0.6 is 0 Å². The van der Waals surface area contributed by atoms with Gasteiger partial charge in [0.1, 0.15) is 0 Å². The van der Waals surface area contributed by atoms with E-state index < -0.39 is 0 Å². The minimum Gasteiger partial charge on any atom is -0.378 e. The van der Waals surface area contributed by atoms with Gasteiger partial charge in [-0.15, -0.1) is 0 Å². The summed E-state index contributed by atoms with van der Waals surface area (Å²) in [7, 11) is 0. The third kappa shape index (κ3) is 3.53. The summed E-state index contributed by atoms with van der Waals surface area (Å²) in [5, 5.41) is 10.00. The van der Waals surface area contributed by atoms with Crippen LogP contribution in [-0.2, 0) is 4.74 Å². The Balaban J connectivity index is 1.32. The molecule has 4 rings (SSSR count). The van der Waals surface area contributed by atoms with E-state index in [2.05, 4.69) is 25.7 Å². The Morgan fingerprint density at radius 3 is 2.88 bits per heavy atom. The topological polar surface area (TPSA) is 94.0 Å². The average molecular weight is 328 g/mol. The van der Waals surface area contributed by atoms with Crippen molar-refractivity contribution in [3.8, 4) is 5.95 Å². The maximum absolute atomic E-state index is 12.2. The molecule has 126 valence electrons. The van der Waals surface area contributed by atoms with E-state index in [1.165, 1.54) is 17.5 Å².